The van der Waals surface area contributed by atoms with Crippen molar-refractivity contribution in [1.29, 1.82) is 0 Å². The number of carbonyl (C=O) groups excluding carboxylic acids is 2. The van der Waals surface area contributed by atoms with Gasteiger partial charge < -0.3 is 15.2 Å². The summed E-state index contributed by atoms with van der Waals surface area (Å²) in [7, 11) is 3.12. The smallest absolute Gasteiger partial charge is 0.242 e. The number of thioether (sulfide) groups is 1. The summed E-state index contributed by atoms with van der Waals surface area (Å²) < 4.78 is 23.8. The molecule has 1 unspecified atom stereocenters. The molecule has 1 atom stereocenters. The Morgan fingerprint density at radius 2 is 1.87 bits per heavy atom. The number of rotatable bonds is 8. The number of hydrogen-bond acceptors (Lipinski definition) is 6. The zero-order valence-electron chi connectivity index (χ0n) is 16.6. The topological polar surface area (TPSA) is 94.2 Å². The predicted molar refractivity (Wildman–Crippen MR) is 114 cm³/mol. The van der Waals surface area contributed by atoms with Gasteiger partial charge in [-0.1, -0.05) is 17.8 Å². The van der Waals surface area contributed by atoms with Crippen molar-refractivity contribution in [3.63, 3.8) is 0 Å². The quantitative estimate of drug-likeness (QED) is 0.694. The second kappa shape index (κ2) is 9.62. The van der Waals surface area contributed by atoms with Gasteiger partial charge in [-0.3, -0.25) is 14.5 Å². The van der Waals surface area contributed by atoms with Gasteiger partial charge in [-0.25, -0.2) is 9.38 Å². The number of methoxy groups -OCH3 is 2. The molecule has 158 valence electrons. The number of hydrogen-bond donors (Lipinski definition) is 1. The van der Waals surface area contributed by atoms with Crippen LogP contribution in [0.25, 0.3) is 0 Å². The van der Waals surface area contributed by atoms with E-state index in [2.05, 4.69) is 4.99 Å². The molecule has 0 aliphatic carbocycles. The van der Waals surface area contributed by atoms with Gasteiger partial charge in [0.1, 0.15) is 11.1 Å². The van der Waals surface area contributed by atoms with Gasteiger partial charge in [0.15, 0.2) is 16.7 Å². The van der Waals surface area contributed by atoms with E-state index in [-0.39, 0.29) is 18.1 Å². The highest BCUT2D eigenvalue weighted by atomic mass is 32.2. The van der Waals surface area contributed by atoms with Crippen LogP contribution in [0.1, 0.15) is 12.0 Å². The van der Waals surface area contributed by atoms with Crippen molar-refractivity contribution in [3.8, 4) is 11.5 Å². The number of halogens is 1. The van der Waals surface area contributed by atoms with E-state index >= 15 is 0 Å². The minimum Gasteiger partial charge on any atom is -0.493 e. The van der Waals surface area contributed by atoms with Gasteiger partial charge in [-0.2, -0.15) is 0 Å². The number of carbonyl (C=O) groups is 2. The van der Waals surface area contributed by atoms with E-state index in [1.165, 1.54) is 36.0 Å². The molecule has 30 heavy (non-hydrogen) atoms. The summed E-state index contributed by atoms with van der Waals surface area (Å²) in [5.41, 5.74) is 6.75. The Hall–Kier alpha value is -3.07. The molecule has 3 rings (SSSR count). The summed E-state index contributed by atoms with van der Waals surface area (Å²) in [5, 5.41) is -0.162. The number of amidine groups is 1. The van der Waals surface area contributed by atoms with Crippen LogP contribution in [0.4, 0.5) is 10.1 Å². The summed E-state index contributed by atoms with van der Waals surface area (Å²) in [6.45, 7) is 0.358. The number of ether oxygens (including phenoxy) is 2. The predicted octanol–water partition coefficient (Wildman–Crippen LogP) is 2.89. The molecule has 7 nitrogen and oxygen atoms in total. The normalized spacial score (nSPS) is 17.4. The third kappa shape index (κ3) is 5.10. The Bertz CT molecular complexity index is 965. The van der Waals surface area contributed by atoms with Gasteiger partial charge in [0.05, 0.1) is 19.9 Å². The van der Waals surface area contributed by atoms with Gasteiger partial charge >= 0.3 is 0 Å². The average molecular weight is 431 g/mol. The number of nitrogens with zero attached hydrogens (tertiary/aromatic N) is 2. The molecule has 0 radical (unpaired) electrons. The van der Waals surface area contributed by atoms with Crippen LogP contribution >= 0.6 is 11.8 Å². The number of primary amides is 1. The molecule has 2 amide bonds. The molecular formula is C21H22FN3O4S. The first-order valence-corrected chi connectivity index (χ1v) is 10.1. The zero-order valence-corrected chi connectivity index (χ0v) is 17.4. The molecule has 1 saturated heterocycles. The van der Waals surface area contributed by atoms with Gasteiger partial charge in [-0.15, -0.1) is 0 Å². The summed E-state index contributed by atoms with van der Waals surface area (Å²) in [5.74, 6) is 0.0768. The van der Waals surface area contributed by atoms with Crippen LogP contribution < -0.4 is 15.2 Å². The van der Waals surface area contributed by atoms with Crippen LogP contribution in [-0.2, 0) is 16.0 Å². The molecule has 2 N–H and O–H groups in total. The van der Waals surface area contributed by atoms with E-state index < -0.39 is 11.2 Å². The van der Waals surface area contributed by atoms with E-state index in [0.717, 1.165) is 5.56 Å². The minimum absolute atomic E-state index is 0.0706. The van der Waals surface area contributed by atoms with Gasteiger partial charge in [-0.05, 0) is 48.4 Å². The molecule has 1 heterocycles. The fourth-order valence-corrected chi connectivity index (χ4v) is 4.21. The Kier molecular flexibility index (Phi) is 6.94. The molecule has 1 fully saturated rings. The van der Waals surface area contributed by atoms with Crippen molar-refractivity contribution in [2.75, 3.05) is 20.8 Å². The maximum Gasteiger partial charge on any atom is 0.242 e. The van der Waals surface area contributed by atoms with Gasteiger partial charge in [0, 0.05) is 13.0 Å². The monoisotopic (exact) mass is 431 g/mol. The van der Waals surface area contributed by atoms with E-state index in [9.17, 15) is 14.0 Å². The van der Waals surface area contributed by atoms with Crippen molar-refractivity contribution < 1.29 is 23.5 Å². The van der Waals surface area contributed by atoms with E-state index in [4.69, 9.17) is 15.2 Å². The molecule has 2 aromatic rings. The van der Waals surface area contributed by atoms with Crippen LogP contribution in [0.5, 0.6) is 11.5 Å². The van der Waals surface area contributed by atoms with E-state index in [1.54, 1.807) is 25.2 Å². The molecule has 0 bridgehead atoms. The molecule has 0 saturated carbocycles. The van der Waals surface area contributed by atoms with Crippen LogP contribution in [-0.4, -0.2) is 47.9 Å². The highest BCUT2D eigenvalue weighted by Gasteiger charge is 2.38. The highest BCUT2D eigenvalue weighted by molar-refractivity contribution is 8.15. The van der Waals surface area contributed by atoms with Crippen molar-refractivity contribution >= 4 is 34.4 Å². The lowest BCUT2D eigenvalue weighted by Gasteiger charge is -2.17. The fraction of sp³-hybridized carbons (Fsp3) is 0.286. The molecule has 0 spiro atoms. The second-order valence-electron chi connectivity index (χ2n) is 6.58. The largest absolute Gasteiger partial charge is 0.493 e. The van der Waals surface area contributed by atoms with Crippen LogP contribution in [0, 0.1) is 5.82 Å². The Morgan fingerprint density at radius 3 is 2.50 bits per heavy atom. The summed E-state index contributed by atoms with van der Waals surface area (Å²) in [6.07, 6.45) is 0.469. The number of nitrogens with two attached hydrogens (primary N) is 1. The third-order valence-electron chi connectivity index (χ3n) is 4.53. The summed E-state index contributed by atoms with van der Waals surface area (Å²) >= 11 is 1.19. The maximum atomic E-state index is 13.2. The Labute approximate surface area is 178 Å². The first-order valence-electron chi connectivity index (χ1n) is 9.22. The van der Waals surface area contributed by atoms with E-state index in [1.807, 2.05) is 12.1 Å². The van der Waals surface area contributed by atoms with Crippen LogP contribution in [0.3, 0.4) is 0 Å². The van der Waals surface area contributed by atoms with Crippen molar-refractivity contribution in [3.05, 3.63) is 53.8 Å². The molecule has 9 heteroatoms. The molecule has 1 aliphatic heterocycles. The van der Waals surface area contributed by atoms with Crippen molar-refractivity contribution in [1.82, 2.24) is 4.90 Å². The van der Waals surface area contributed by atoms with Crippen LogP contribution in [0.15, 0.2) is 47.5 Å². The van der Waals surface area contributed by atoms with Crippen molar-refractivity contribution in [2.24, 2.45) is 10.7 Å². The van der Waals surface area contributed by atoms with E-state index in [0.29, 0.717) is 35.3 Å². The lowest BCUT2D eigenvalue weighted by atomic mass is 10.1. The molecular weight excluding hydrogens is 409 g/mol. The van der Waals surface area contributed by atoms with Gasteiger partial charge in [0.2, 0.25) is 11.8 Å². The highest BCUT2D eigenvalue weighted by Crippen LogP contribution is 2.32. The Morgan fingerprint density at radius 1 is 1.17 bits per heavy atom. The lowest BCUT2D eigenvalue weighted by molar-refractivity contribution is -0.128. The standard InChI is InChI=1S/C21H22FN3O4S/c1-28-16-8-3-13(11-17(16)29-2)9-10-25-20(27)18(12-19(23)26)30-21(25)24-15-6-4-14(22)5-7-15/h3-8,11,18H,9-10,12H2,1-2H3,(H2,23,26). The zero-order chi connectivity index (χ0) is 21.7. The SMILES string of the molecule is COc1ccc(CCN2C(=O)C(CC(N)=O)SC2=Nc2ccc(F)cc2)cc1OC. The summed E-state index contributed by atoms with van der Waals surface area (Å²) in [6, 6.07) is 11.2. The first kappa shape index (κ1) is 21.6. The number of amides is 2. The van der Waals surface area contributed by atoms with Crippen molar-refractivity contribution in [2.45, 2.75) is 18.1 Å². The Balaban J connectivity index is 1.82. The minimum atomic E-state index is -0.618. The lowest BCUT2D eigenvalue weighted by Crippen LogP contribution is -2.35. The molecule has 2 aromatic carbocycles. The maximum absolute atomic E-state index is 13.2. The third-order valence-corrected chi connectivity index (χ3v) is 5.71. The molecule has 1 aliphatic rings. The number of aliphatic imine (C=N–C) groups is 1. The average Bonchev–Trinajstić information content (AvgIpc) is 3.01. The number of benzene rings is 2. The van der Waals surface area contributed by atoms with Crippen LogP contribution in [0.2, 0.25) is 0 Å². The first-order chi connectivity index (χ1) is 14.4. The fourth-order valence-electron chi connectivity index (χ4n) is 3.02. The van der Waals surface area contributed by atoms with Gasteiger partial charge in [0.25, 0.3) is 0 Å². The second-order valence-corrected chi connectivity index (χ2v) is 7.75. The summed E-state index contributed by atoms with van der Waals surface area (Å²) in [4.78, 5) is 30.2. The molecule has 0 aromatic heterocycles.